The van der Waals surface area contributed by atoms with Crippen molar-refractivity contribution in [3.63, 3.8) is 0 Å². The maximum absolute atomic E-state index is 4.63. The zero-order valence-corrected chi connectivity index (χ0v) is 14.8. The molecule has 1 aromatic carbocycles. The maximum atomic E-state index is 4.63. The number of hydrogen-bond donors (Lipinski definition) is 2. The monoisotopic (exact) mass is 356 g/mol. The predicted molar refractivity (Wildman–Crippen MR) is 103 cm³/mol. The van der Waals surface area contributed by atoms with Crippen LogP contribution in [0, 0.1) is 0 Å². The summed E-state index contributed by atoms with van der Waals surface area (Å²) in [5, 5.41) is 7.48. The molecule has 4 heterocycles. The lowest BCUT2D eigenvalue weighted by Crippen LogP contribution is -2.35. The van der Waals surface area contributed by atoms with Crippen LogP contribution in [0.1, 0.15) is 28.6 Å². The molecule has 134 valence electrons. The van der Waals surface area contributed by atoms with Crippen LogP contribution in [0.4, 0.5) is 0 Å². The van der Waals surface area contributed by atoms with Crippen molar-refractivity contribution in [3.8, 4) is 11.3 Å². The van der Waals surface area contributed by atoms with Crippen LogP contribution in [0.2, 0.25) is 0 Å². The minimum absolute atomic E-state index is 0.113. The van der Waals surface area contributed by atoms with E-state index in [-0.39, 0.29) is 6.04 Å². The number of pyridine rings is 1. The Balaban J connectivity index is 1.51. The fourth-order valence-corrected chi connectivity index (χ4v) is 3.91. The Kier molecular flexibility index (Phi) is 4.03. The van der Waals surface area contributed by atoms with E-state index in [9.17, 15) is 0 Å². The second-order valence-electron chi connectivity index (χ2n) is 6.81. The number of hydrogen-bond acceptors (Lipinski definition) is 4. The Bertz CT molecular complexity index is 1020. The number of nitrogens with zero attached hydrogens (tertiary/aromatic N) is 4. The number of nitrogens with one attached hydrogen (secondary N) is 2. The van der Waals surface area contributed by atoms with E-state index in [1.165, 1.54) is 16.8 Å². The van der Waals surface area contributed by atoms with Gasteiger partial charge in [0.2, 0.25) is 0 Å². The van der Waals surface area contributed by atoms with Crippen LogP contribution in [0.5, 0.6) is 0 Å². The van der Waals surface area contributed by atoms with Gasteiger partial charge in [-0.2, -0.15) is 5.10 Å². The van der Waals surface area contributed by atoms with Crippen LogP contribution in [-0.4, -0.2) is 36.6 Å². The summed E-state index contributed by atoms with van der Waals surface area (Å²) in [4.78, 5) is 14.6. The molecule has 1 aliphatic rings. The molecule has 1 atom stereocenters. The molecule has 4 aromatic rings. The number of fused-ring (bicyclic) bond motifs is 1. The van der Waals surface area contributed by atoms with Gasteiger partial charge in [0.1, 0.15) is 0 Å². The molecule has 3 aromatic heterocycles. The predicted octanol–water partition coefficient (Wildman–Crippen LogP) is 3.34. The normalized spacial score (nSPS) is 17.0. The lowest BCUT2D eigenvalue weighted by molar-refractivity contribution is 0.200. The van der Waals surface area contributed by atoms with E-state index in [4.69, 9.17) is 0 Å². The van der Waals surface area contributed by atoms with Crippen molar-refractivity contribution in [2.24, 2.45) is 0 Å². The number of aromatic amines is 2. The van der Waals surface area contributed by atoms with Crippen molar-refractivity contribution in [2.45, 2.75) is 19.0 Å². The van der Waals surface area contributed by atoms with E-state index < -0.39 is 0 Å². The number of H-pyrrole nitrogens is 2. The van der Waals surface area contributed by atoms with Gasteiger partial charge < -0.3 is 4.98 Å². The van der Waals surface area contributed by atoms with Crippen molar-refractivity contribution in [3.05, 3.63) is 89.9 Å². The highest BCUT2D eigenvalue weighted by Gasteiger charge is 2.31. The van der Waals surface area contributed by atoms with Crippen molar-refractivity contribution in [2.75, 3.05) is 6.54 Å². The van der Waals surface area contributed by atoms with Gasteiger partial charge in [-0.1, -0.05) is 30.3 Å². The molecule has 2 N–H and O–H groups in total. The SMILES string of the molecule is c1ccc(-c2[nH]ncc2CN2CCc3[nH]cnc3C2c2ccncc2)cc1. The Labute approximate surface area is 157 Å². The fourth-order valence-electron chi connectivity index (χ4n) is 3.91. The number of rotatable bonds is 4. The molecule has 6 heteroatoms. The van der Waals surface area contributed by atoms with Crippen LogP contribution in [0.25, 0.3) is 11.3 Å². The van der Waals surface area contributed by atoms with Crippen molar-refractivity contribution in [1.82, 2.24) is 30.0 Å². The second-order valence-corrected chi connectivity index (χ2v) is 6.81. The third-order valence-corrected chi connectivity index (χ3v) is 5.20. The lowest BCUT2D eigenvalue weighted by atomic mass is 9.95. The Morgan fingerprint density at radius 3 is 2.78 bits per heavy atom. The van der Waals surface area contributed by atoms with Gasteiger partial charge in [-0.15, -0.1) is 0 Å². The summed E-state index contributed by atoms with van der Waals surface area (Å²) < 4.78 is 0. The third kappa shape index (κ3) is 2.94. The molecule has 6 nitrogen and oxygen atoms in total. The van der Waals surface area contributed by atoms with Crippen LogP contribution >= 0.6 is 0 Å². The van der Waals surface area contributed by atoms with Crippen LogP contribution < -0.4 is 0 Å². The van der Waals surface area contributed by atoms with Gasteiger partial charge in [-0.25, -0.2) is 4.98 Å². The van der Waals surface area contributed by atoms with Gasteiger partial charge in [-0.05, 0) is 23.3 Å². The third-order valence-electron chi connectivity index (χ3n) is 5.20. The summed E-state index contributed by atoms with van der Waals surface area (Å²) in [6.45, 7) is 1.77. The average Bonchev–Trinajstić information content (AvgIpc) is 3.38. The van der Waals surface area contributed by atoms with E-state index in [0.717, 1.165) is 36.5 Å². The van der Waals surface area contributed by atoms with E-state index in [0.29, 0.717) is 0 Å². The highest BCUT2D eigenvalue weighted by Crippen LogP contribution is 2.35. The Morgan fingerprint density at radius 2 is 1.93 bits per heavy atom. The molecular weight excluding hydrogens is 336 g/mol. The number of benzene rings is 1. The molecule has 0 saturated carbocycles. The molecule has 0 bridgehead atoms. The molecule has 5 rings (SSSR count). The van der Waals surface area contributed by atoms with E-state index >= 15 is 0 Å². The number of aromatic nitrogens is 5. The standard InChI is InChI=1S/C21H20N6/c1-2-4-15(5-3-1)19-17(12-25-26-19)13-27-11-8-18-20(24-14-23-18)21(27)16-6-9-22-10-7-16/h1-7,9-10,12,14,21H,8,11,13H2,(H,23,24)(H,25,26). The van der Waals surface area contributed by atoms with Crippen molar-refractivity contribution < 1.29 is 0 Å². The maximum Gasteiger partial charge on any atom is 0.0926 e. The summed E-state index contributed by atoms with van der Waals surface area (Å²) in [6, 6.07) is 14.6. The molecular formula is C21H20N6. The molecule has 0 spiro atoms. The lowest BCUT2D eigenvalue weighted by Gasteiger charge is -2.35. The van der Waals surface area contributed by atoms with E-state index in [1.807, 2.05) is 24.7 Å². The van der Waals surface area contributed by atoms with Crippen molar-refractivity contribution in [1.29, 1.82) is 0 Å². The van der Waals surface area contributed by atoms with Gasteiger partial charge in [0.25, 0.3) is 0 Å². The largest absolute Gasteiger partial charge is 0.348 e. The fraction of sp³-hybridized carbons (Fsp3) is 0.190. The molecule has 0 radical (unpaired) electrons. The minimum Gasteiger partial charge on any atom is -0.348 e. The molecule has 1 aliphatic heterocycles. The highest BCUT2D eigenvalue weighted by atomic mass is 15.2. The van der Waals surface area contributed by atoms with Gasteiger partial charge >= 0.3 is 0 Å². The number of imidazole rings is 1. The average molecular weight is 356 g/mol. The quantitative estimate of drug-likeness (QED) is 0.588. The first kappa shape index (κ1) is 16.0. The first-order valence-electron chi connectivity index (χ1n) is 9.14. The zero-order valence-electron chi connectivity index (χ0n) is 14.8. The van der Waals surface area contributed by atoms with E-state index in [2.05, 4.69) is 66.4 Å². The first-order valence-corrected chi connectivity index (χ1v) is 9.14. The van der Waals surface area contributed by atoms with Crippen LogP contribution in [-0.2, 0) is 13.0 Å². The molecule has 0 saturated heterocycles. The Morgan fingerprint density at radius 1 is 1.07 bits per heavy atom. The molecule has 27 heavy (non-hydrogen) atoms. The topological polar surface area (TPSA) is 73.5 Å². The Hall–Kier alpha value is -3.25. The van der Waals surface area contributed by atoms with Crippen LogP contribution in [0.15, 0.2) is 67.4 Å². The molecule has 0 fully saturated rings. The summed E-state index contributed by atoms with van der Waals surface area (Å²) in [5.74, 6) is 0. The van der Waals surface area contributed by atoms with Gasteiger partial charge in [0.15, 0.2) is 0 Å². The van der Waals surface area contributed by atoms with Crippen molar-refractivity contribution >= 4 is 0 Å². The molecule has 0 amide bonds. The smallest absolute Gasteiger partial charge is 0.0926 e. The molecule has 1 unspecified atom stereocenters. The summed E-state index contributed by atoms with van der Waals surface area (Å²) >= 11 is 0. The molecule has 0 aliphatic carbocycles. The van der Waals surface area contributed by atoms with E-state index in [1.54, 1.807) is 6.33 Å². The first-order chi connectivity index (χ1) is 13.4. The highest BCUT2D eigenvalue weighted by molar-refractivity contribution is 5.62. The summed E-state index contributed by atoms with van der Waals surface area (Å²) in [6.07, 6.45) is 8.40. The summed E-state index contributed by atoms with van der Waals surface area (Å²) in [7, 11) is 0. The van der Waals surface area contributed by atoms with Crippen LogP contribution in [0.3, 0.4) is 0 Å². The second kappa shape index (κ2) is 6.81. The van der Waals surface area contributed by atoms with Gasteiger partial charge in [-0.3, -0.25) is 15.0 Å². The van der Waals surface area contributed by atoms with Gasteiger partial charge in [0.05, 0.1) is 30.0 Å². The summed E-state index contributed by atoms with van der Waals surface area (Å²) in [5.41, 5.74) is 6.97. The van der Waals surface area contributed by atoms with Gasteiger partial charge in [0, 0.05) is 43.2 Å². The minimum atomic E-state index is 0.113. The zero-order chi connectivity index (χ0) is 18.1.